The molecule has 2 amide bonds. The molecule has 1 atom stereocenters. The van der Waals surface area contributed by atoms with Gasteiger partial charge < -0.3 is 19.4 Å². The topological polar surface area (TPSA) is 84.7 Å². The van der Waals surface area contributed by atoms with Crippen molar-refractivity contribution in [2.45, 2.75) is 33.7 Å². The number of amides is 2. The molecule has 0 aliphatic carbocycles. The molecule has 2 aromatic heterocycles. The Kier molecular flexibility index (Phi) is 8.14. The summed E-state index contributed by atoms with van der Waals surface area (Å²) < 4.78 is 25.1. The number of ether oxygens (including phenoxy) is 1. The second kappa shape index (κ2) is 11.5. The van der Waals surface area contributed by atoms with Crippen molar-refractivity contribution in [1.82, 2.24) is 15.2 Å². The fraction of sp³-hybridized carbons (Fsp3) is 0.258. The number of fused-ring (bicyclic) bond motifs is 1. The third-order valence-electron chi connectivity index (χ3n) is 6.81. The van der Waals surface area contributed by atoms with E-state index in [4.69, 9.17) is 14.1 Å². The molecule has 0 fully saturated rings. The highest BCUT2D eigenvalue weighted by molar-refractivity contribution is 6.12. The highest BCUT2D eigenvalue weighted by Gasteiger charge is 2.24. The summed E-state index contributed by atoms with van der Waals surface area (Å²) in [6.07, 6.45) is 3.46. The van der Waals surface area contributed by atoms with Gasteiger partial charge in [-0.25, -0.2) is 4.39 Å². The quantitative estimate of drug-likeness (QED) is 0.263. The highest BCUT2D eigenvalue weighted by atomic mass is 19.1. The number of nitrogens with one attached hydrogen (secondary N) is 1. The van der Waals surface area contributed by atoms with Crippen LogP contribution in [0.3, 0.4) is 0 Å². The third-order valence-corrected chi connectivity index (χ3v) is 6.81. The van der Waals surface area contributed by atoms with Gasteiger partial charge in [-0.15, -0.1) is 0 Å². The summed E-state index contributed by atoms with van der Waals surface area (Å²) in [6, 6.07) is 13.2. The molecular formula is C31H32FN3O4. The molecule has 4 aromatic rings. The van der Waals surface area contributed by atoms with Crippen molar-refractivity contribution in [1.29, 1.82) is 0 Å². The Hall–Kier alpha value is -4.46. The van der Waals surface area contributed by atoms with E-state index in [1.54, 1.807) is 37.4 Å². The summed E-state index contributed by atoms with van der Waals surface area (Å²) >= 11 is 0. The lowest BCUT2D eigenvalue weighted by atomic mass is 9.97. The van der Waals surface area contributed by atoms with Crippen LogP contribution < -0.4 is 5.32 Å². The number of hydrogen-bond donors (Lipinski definition) is 1. The molecule has 2 aromatic carbocycles. The number of aryl methyl sites for hydroxylation is 1. The number of carbonyl (C=O) groups excluding carboxylic acids is 2. The zero-order valence-corrected chi connectivity index (χ0v) is 23.0. The molecule has 1 N–H and O–H groups in total. The first kappa shape index (κ1) is 27.6. The fourth-order valence-corrected chi connectivity index (χ4v) is 4.46. The Bertz CT molecular complexity index is 1560. The minimum absolute atomic E-state index is 0.0750. The van der Waals surface area contributed by atoms with E-state index in [2.05, 4.69) is 5.32 Å². The summed E-state index contributed by atoms with van der Waals surface area (Å²) in [5, 5.41) is 3.31. The molecule has 2 heterocycles. The van der Waals surface area contributed by atoms with Crippen LogP contribution in [0.15, 0.2) is 59.2 Å². The van der Waals surface area contributed by atoms with Gasteiger partial charge >= 0.3 is 0 Å². The van der Waals surface area contributed by atoms with Crippen molar-refractivity contribution in [3.8, 4) is 22.6 Å². The molecule has 0 radical (unpaired) electrons. The summed E-state index contributed by atoms with van der Waals surface area (Å²) in [4.78, 5) is 31.8. The number of aromatic nitrogens is 1. The van der Waals surface area contributed by atoms with Crippen LogP contribution in [0.2, 0.25) is 0 Å². The Morgan fingerprint density at radius 2 is 1.90 bits per heavy atom. The zero-order chi connectivity index (χ0) is 28.3. The van der Waals surface area contributed by atoms with Crippen LogP contribution in [0.25, 0.3) is 39.6 Å². The van der Waals surface area contributed by atoms with Crippen LogP contribution in [0.1, 0.15) is 54.0 Å². The number of halogens is 1. The first-order valence-corrected chi connectivity index (χ1v) is 12.7. The van der Waals surface area contributed by atoms with E-state index in [0.717, 1.165) is 16.7 Å². The van der Waals surface area contributed by atoms with Gasteiger partial charge in [0, 0.05) is 43.1 Å². The fourth-order valence-electron chi connectivity index (χ4n) is 4.46. The molecule has 0 spiro atoms. The monoisotopic (exact) mass is 529 g/mol. The predicted molar refractivity (Wildman–Crippen MR) is 150 cm³/mol. The summed E-state index contributed by atoms with van der Waals surface area (Å²) in [7, 11) is 3.30. The SMILES string of the molecule is CCO/C=C/c1ccc(-c2cc3c(C(=O)NC)c(-c4ccc(F)cc4)oc3cc2C)nc1C(C)N(C)C(C)=O. The molecule has 8 heteroatoms. The van der Waals surface area contributed by atoms with Gasteiger partial charge in [-0.1, -0.05) is 6.07 Å². The maximum atomic E-state index is 13.6. The van der Waals surface area contributed by atoms with E-state index in [1.165, 1.54) is 19.1 Å². The van der Waals surface area contributed by atoms with Crippen LogP contribution in [-0.2, 0) is 9.53 Å². The molecule has 1 unspecified atom stereocenters. The summed E-state index contributed by atoms with van der Waals surface area (Å²) in [6.45, 7) is 7.84. The van der Waals surface area contributed by atoms with Crippen LogP contribution in [0, 0.1) is 12.7 Å². The molecule has 4 rings (SSSR count). The minimum atomic E-state index is -0.374. The van der Waals surface area contributed by atoms with E-state index in [9.17, 15) is 14.0 Å². The maximum Gasteiger partial charge on any atom is 0.255 e. The first-order chi connectivity index (χ1) is 18.7. The number of rotatable bonds is 8. The van der Waals surface area contributed by atoms with Gasteiger partial charge in [-0.3, -0.25) is 14.6 Å². The molecule has 7 nitrogen and oxygen atoms in total. The number of benzene rings is 2. The van der Waals surface area contributed by atoms with Crippen molar-refractivity contribution in [2.75, 3.05) is 20.7 Å². The largest absolute Gasteiger partial charge is 0.501 e. The van der Waals surface area contributed by atoms with Gasteiger partial charge in [0.25, 0.3) is 5.91 Å². The van der Waals surface area contributed by atoms with E-state index >= 15 is 0 Å². The van der Waals surface area contributed by atoms with E-state index in [-0.39, 0.29) is 23.7 Å². The van der Waals surface area contributed by atoms with Crippen LogP contribution >= 0.6 is 0 Å². The Labute approximate surface area is 227 Å². The van der Waals surface area contributed by atoms with Crippen molar-refractivity contribution in [3.63, 3.8) is 0 Å². The van der Waals surface area contributed by atoms with E-state index in [1.807, 2.05) is 51.1 Å². The van der Waals surface area contributed by atoms with Gasteiger partial charge in [0.05, 0.1) is 35.9 Å². The van der Waals surface area contributed by atoms with Crippen molar-refractivity contribution >= 4 is 28.9 Å². The molecule has 39 heavy (non-hydrogen) atoms. The zero-order valence-electron chi connectivity index (χ0n) is 23.0. The number of furan rings is 1. The van der Waals surface area contributed by atoms with Crippen molar-refractivity contribution < 1.29 is 23.1 Å². The summed E-state index contributed by atoms with van der Waals surface area (Å²) in [5.74, 6) is -0.401. The molecule has 202 valence electrons. The van der Waals surface area contributed by atoms with Crippen LogP contribution in [0.4, 0.5) is 4.39 Å². The number of pyridine rings is 1. The standard InChI is InChI=1S/C31H32FN3O4/c1-7-38-15-14-21-10-13-26(34-29(21)19(3)35(6)20(4)36)24-17-25-27(16-18(24)2)39-30(28(25)31(37)33-5)22-8-11-23(32)12-9-22/h8-17,19H,7H2,1-6H3,(H,33,37)/b15-14+. The second-order valence-corrected chi connectivity index (χ2v) is 9.29. The number of nitrogens with zero attached hydrogens (tertiary/aromatic N) is 2. The molecule has 0 aliphatic rings. The number of carbonyl (C=O) groups is 2. The predicted octanol–water partition coefficient (Wildman–Crippen LogP) is 6.52. The van der Waals surface area contributed by atoms with Crippen LogP contribution in [-0.4, -0.2) is 42.4 Å². The Morgan fingerprint density at radius 1 is 1.18 bits per heavy atom. The molecule has 0 bridgehead atoms. The average Bonchev–Trinajstić information content (AvgIpc) is 3.30. The van der Waals surface area contributed by atoms with E-state index < -0.39 is 0 Å². The second-order valence-electron chi connectivity index (χ2n) is 9.29. The lowest BCUT2D eigenvalue weighted by molar-refractivity contribution is -0.129. The molecule has 0 saturated carbocycles. The Morgan fingerprint density at radius 3 is 2.54 bits per heavy atom. The number of hydrogen-bond acceptors (Lipinski definition) is 5. The van der Waals surface area contributed by atoms with Crippen LogP contribution in [0.5, 0.6) is 0 Å². The van der Waals surface area contributed by atoms with Crippen molar-refractivity contribution in [2.24, 2.45) is 0 Å². The van der Waals surface area contributed by atoms with Gasteiger partial charge in [-0.05, 0) is 74.9 Å². The Balaban J connectivity index is 1.91. The van der Waals surface area contributed by atoms with Gasteiger partial charge in [-0.2, -0.15) is 0 Å². The first-order valence-electron chi connectivity index (χ1n) is 12.7. The normalized spacial score (nSPS) is 12.1. The summed E-state index contributed by atoms with van der Waals surface area (Å²) in [5.41, 5.74) is 5.45. The molecular weight excluding hydrogens is 497 g/mol. The van der Waals surface area contributed by atoms with Gasteiger partial charge in [0.2, 0.25) is 5.91 Å². The molecule has 0 saturated heterocycles. The molecule has 0 aliphatic heterocycles. The smallest absolute Gasteiger partial charge is 0.255 e. The minimum Gasteiger partial charge on any atom is -0.501 e. The van der Waals surface area contributed by atoms with Crippen molar-refractivity contribution in [3.05, 3.63) is 83.0 Å². The third kappa shape index (κ3) is 5.55. The highest BCUT2D eigenvalue weighted by Crippen LogP contribution is 2.38. The maximum absolute atomic E-state index is 13.6. The lowest BCUT2D eigenvalue weighted by Crippen LogP contribution is -2.28. The van der Waals surface area contributed by atoms with Gasteiger partial charge in [0.15, 0.2) is 0 Å². The van der Waals surface area contributed by atoms with E-state index in [0.29, 0.717) is 45.9 Å². The lowest BCUT2D eigenvalue weighted by Gasteiger charge is -2.25. The average molecular weight is 530 g/mol. The van der Waals surface area contributed by atoms with Gasteiger partial charge in [0.1, 0.15) is 17.2 Å².